The van der Waals surface area contributed by atoms with Crippen molar-refractivity contribution in [3.8, 4) is 34.2 Å². The molecule has 0 radical (unpaired) electrons. The first kappa shape index (κ1) is 27.2. The summed E-state index contributed by atoms with van der Waals surface area (Å²) in [6, 6.07) is 27.6. The molecule has 0 spiro atoms. The van der Waals surface area contributed by atoms with Crippen molar-refractivity contribution in [1.29, 1.82) is 0 Å². The Balaban J connectivity index is 1.20. The molecule has 9 rings (SSSR count). The van der Waals surface area contributed by atoms with Crippen LogP contribution in [0.15, 0.2) is 78.9 Å². The van der Waals surface area contributed by atoms with Crippen LogP contribution in [-0.4, -0.2) is 33.3 Å². The molecule has 5 aliphatic rings. The maximum Gasteiger partial charge on any atom is 0.494 e. The topological polar surface area (TPSA) is 57.1 Å². The molecule has 3 aromatic carbocycles. The lowest BCUT2D eigenvalue weighted by Crippen LogP contribution is -2.48. The summed E-state index contributed by atoms with van der Waals surface area (Å²) >= 11 is 0. The fraction of sp³-hybridized carbons (Fsp3) is 0.432. The van der Waals surface area contributed by atoms with Gasteiger partial charge < -0.3 is 9.31 Å². The molecule has 0 unspecified atom stereocenters. The first-order valence-electron chi connectivity index (χ1n) is 16.0. The van der Waals surface area contributed by atoms with Crippen molar-refractivity contribution < 1.29 is 9.31 Å². The van der Waals surface area contributed by atoms with Gasteiger partial charge >= 0.3 is 7.12 Å². The number of aromatic nitrogens is 3. The molecule has 0 N–H and O–H groups in total. The highest BCUT2D eigenvalue weighted by molar-refractivity contribution is 6.62. The van der Waals surface area contributed by atoms with Gasteiger partial charge in [0.15, 0.2) is 17.5 Å². The van der Waals surface area contributed by atoms with E-state index in [2.05, 4.69) is 82.3 Å². The maximum absolute atomic E-state index is 6.37. The molecule has 5 nitrogen and oxygen atoms in total. The second kappa shape index (κ2) is 9.83. The molecule has 4 saturated carbocycles. The number of rotatable bonds is 5. The van der Waals surface area contributed by atoms with Gasteiger partial charge in [-0.1, -0.05) is 72.8 Å². The minimum atomic E-state index is -0.447. The summed E-state index contributed by atoms with van der Waals surface area (Å²) < 4.78 is 12.7. The average Bonchev–Trinajstić information content (AvgIpc) is 3.23. The molecule has 4 bridgehead atoms. The molecule has 0 atom stereocenters. The molecule has 4 aliphatic carbocycles. The second-order valence-corrected chi connectivity index (χ2v) is 14.7. The molecule has 1 saturated heterocycles. The lowest BCUT2D eigenvalue weighted by Gasteiger charge is -2.57. The van der Waals surface area contributed by atoms with E-state index in [0.717, 1.165) is 45.7 Å². The standard InChI is InChI=1S/C37H40BN3O2/c1-35(2)36(3,4)43-38(42-35)31-15-9-13-29(20-31)34-40-32(27-10-6-5-7-11-27)39-33(41-34)28-12-8-14-30(19-28)37-21-24-16-25(22-37)18-26(17-24)23-37/h5-15,19-20,24-26H,16-18,21-23H2,1-4H3. The van der Waals surface area contributed by atoms with E-state index >= 15 is 0 Å². The van der Waals surface area contributed by atoms with Gasteiger partial charge in [0.05, 0.1) is 11.2 Å². The van der Waals surface area contributed by atoms with E-state index in [4.69, 9.17) is 24.3 Å². The molecule has 218 valence electrons. The number of hydrogen-bond donors (Lipinski definition) is 0. The smallest absolute Gasteiger partial charge is 0.399 e. The van der Waals surface area contributed by atoms with Crippen LogP contribution >= 0.6 is 0 Å². The SMILES string of the molecule is CC1(C)OB(c2cccc(-c3nc(-c4ccccc4)nc(-c4cccc(C56CC7CC(CC(C7)C5)C6)c4)n3)c2)OC1(C)C. The van der Waals surface area contributed by atoms with Crippen molar-refractivity contribution in [2.75, 3.05) is 0 Å². The van der Waals surface area contributed by atoms with Crippen molar-refractivity contribution in [1.82, 2.24) is 15.0 Å². The van der Waals surface area contributed by atoms with Gasteiger partial charge in [-0.2, -0.15) is 0 Å². The lowest BCUT2D eigenvalue weighted by molar-refractivity contribution is -0.00517. The summed E-state index contributed by atoms with van der Waals surface area (Å²) in [6.45, 7) is 8.33. The minimum Gasteiger partial charge on any atom is -0.399 e. The Labute approximate surface area is 255 Å². The largest absolute Gasteiger partial charge is 0.494 e. The molecular formula is C37H40BN3O2. The van der Waals surface area contributed by atoms with Crippen LogP contribution in [0.1, 0.15) is 71.8 Å². The Morgan fingerprint density at radius 2 is 1.07 bits per heavy atom. The fourth-order valence-electron chi connectivity index (χ4n) is 8.61. The van der Waals surface area contributed by atoms with Crippen LogP contribution in [0.3, 0.4) is 0 Å². The van der Waals surface area contributed by atoms with Gasteiger partial charge in [-0.3, -0.25) is 0 Å². The number of hydrogen-bond acceptors (Lipinski definition) is 5. The normalized spacial score (nSPS) is 28.4. The summed E-state index contributed by atoms with van der Waals surface area (Å²) in [5.74, 6) is 4.76. The third-order valence-electron chi connectivity index (χ3n) is 11.1. The van der Waals surface area contributed by atoms with Gasteiger partial charge in [-0.15, -0.1) is 0 Å². The minimum absolute atomic E-state index is 0.319. The molecule has 5 fully saturated rings. The Kier molecular flexibility index (Phi) is 6.23. The van der Waals surface area contributed by atoms with Gasteiger partial charge in [0.25, 0.3) is 0 Å². The van der Waals surface area contributed by atoms with E-state index in [1.807, 2.05) is 24.3 Å². The third-order valence-corrected chi connectivity index (χ3v) is 11.1. The van der Waals surface area contributed by atoms with Crippen LogP contribution in [0.25, 0.3) is 34.2 Å². The first-order chi connectivity index (χ1) is 20.7. The Morgan fingerprint density at radius 1 is 0.581 bits per heavy atom. The predicted octanol–water partition coefficient (Wildman–Crippen LogP) is 7.64. The Hall–Kier alpha value is -3.35. The van der Waals surface area contributed by atoms with Crippen molar-refractivity contribution in [2.45, 2.75) is 82.8 Å². The van der Waals surface area contributed by atoms with Gasteiger partial charge in [0.1, 0.15) is 0 Å². The number of benzene rings is 3. The van der Waals surface area contributed by atoms with Crippen LogP contribution in [-0.2, 0) is 14.7 Å². The van der Waals surface area contributed by atoms with Crippen LogP contribution in [0.4, 0.5) is 0 Å². The van der Waals surface area contributed by atoms with Crippen molar-refractivity contribution in [2.24, 2.45) is 17.8 Å². The van der Waals surface area contributed by atoms with E-state index in [1.54, 1.807) is 0 Å². The molecule has 1 aliphatic heterocycles. The average molecular weight is 570 g/mol. The molecule has 1 aromatic heterocycles. The third kappa shape index (κ3) is 4.74. The fourth-order valence-corrected chi connectivity index (χ4v) is 8.61. The first-order valence-corrected chi connectivity index (χ1v) is 16.0. The van der Waals surface area contributed by atoms with Crippen molar-refractivity contribution >= 4 is 12.6 Å². The second-order valence-electron chi connectivity index (χ2n) is 14.7. The summed E-state index contributed by atoms with van der Waals surface area (Å²) in [4.78, 5) is 15.2. The lowest BCUT2D eigenvalue weighted by atomic mass is 9.48. The summed E-state index contributed by atoms with van der Waals surface area (Å²) in [7, 11) is -0.447. The quantitative estimate of drug-likeness (QED) is 0.231. The maximum atomic E-state index is 6.37. The van der Waals surface area contributed by atoms with E-state index < -0.39 is 18.3 Å². The monoisotopic (exact) mass is 569 g/mol. The van der Waals surface area contributed by atoms with E-state index in [9.17, 15) is 0 Å². The molecule has 2 heterocycles. The summed E-state index contributed by atoms with van der Waals surface area (Å²) in [6.07, 6.45) is 8.35. The van der Waals surface area contributed by atoms with Gasteiger partial charge in [-0.25, -0.2) is 15.0 Å². The summed E-state index contributed by atoms with van der Waals surface area (Å²) in [5.41, 5.74) is 4.92. The van der Waals surface area contributed by atoms with Gasteiger partial charge in [0, 0.05) is 16.7 Å². The van der Waals surface area contributed by atoms with Crippen LogP contribution < -0.4 is 5.46 Å². The highest BCUT2D eigenvalue weighted by Crippen LogP contribution is 2.60. The number of nitrogens with zero attached hydrogens (tertiary/aromatic N) is 3. The van der Waals surface area contributed by atoms with E-state index in [-0.39, 0.29) is 0 Å². The van der Waals surface area contributed by atoms with Crippen LogP contribution in [0.2, 0.25) is 0 Å². The molecule has 6 heteroatoms. The molecule has 0 amide bonds. The zero-order valence-electron chi connectivity index (χ0n) is 25.7. The Bertz CT molecular complexity index is 1630. The molecule has 4 aromatic rings. The highest BCUT2D eigenvalue weighted by atomic mass is 16.7. The predicted molar refractivity (Wildman–Crippen MR) is 172 cm³/mol. The van der Waals surface area contributed by atoms with Crippen LogP contribution in [0.5, 0.6) is 0 Å². The molecule has 43 heavy (non-hydrogen) atoms. The zero-order valence-corrected chi connectivity index (χ0v) is 25.7. The van der Waals surface area contributed by atoms with Crippen molar-refractivity contribution in [3.05, 3.63) is 84.4 Å². The highest BCUT2D eigenvalue weighted by Gasteiger charge is 2.52. The van der Waals surface area contributed by atoms with E-state index in [1.165, 1.54) is 44.1 Å². The van der Waals surface area contributed by atoms with Crippen LogP contribution in [0, 0.1) is 17.8 Å². The van der Waals surface area contributed by atoms with Gasteiger partial charge in [0.2, 0.25) is 0 Å². The zero-order chi connectivity index (χ0) is 29.4. The summed E-state index contributed by atoms with van der Waals surface area (Å²) in [5, 5.41) is 0. The van der Waals surface area contributed by atoms with Crippen molar-refractivity contribution in [3.63, 3.8) is 0 Å². The molecular weight excluding hydrogens is 529 g/mol. The Morgan fingerprint density at radius 3 is 1.65 bits per heavy atom. The van der Waals surface area contributed by atoms with Gasteiger partial charge in [-0.05, 0) is 106 Å². The van der Waals surface area contributed by atoms with E-state index in [0.29, 0.717) is 17.1 Å².